The van der Waals surface area contributed by atoms with Crippen LogP contribution in [0, 0.1) is 26.0 Å². The molecule has 0 aliphatic heterocycles. The smallest absolute Gasteiger partial charge is 0.171 e. The van der Waals surface area contributed by atoms with Crippen LogP contribution in [0.15, 0.2) is 206 Å². The minimum Gasteiger partial charge on any atom is -0.184 e. The summed E-state index contributed by atoms with van der Waals surface area (Å²) >= 11 is 3.64. The Labute approximate surface area is 364 Å². The predicted octanol–water partition coefficient (Wildman–Crippen LogP) is 14.8. The molecule has 276 valence electrons. The van der Waals surface area contributed by atoms with Gasteiger partial charge in [-0.3, -0.25) is 0 Å². The number of benzene rings is 8. The van der Waals surface area contributed by atoms with E-state index in [1.165, 1.54) is 76.5 Å². The van der Waals surface area contributed by atoms with Crippen molar-refractivity contribution < 1.29 is 21.6 Å². The van der Waals surface area contributed by atoms with Crippen molar-refractivity contribution in [1.29, 1.82) is 0 Å². The molecule has 0 spiro atoms. The third-order valence-corrected chi connectivity index (χ3v) is 9.16. The molecule has 0 aliphatic carbocycles. The second-order valence-electron chi connectivity index (χ2n) is 12.9. The number of halogens is 2. The van der Waals surface area contributed by atoms with Gasteiger partial charge in [-0.05, 0) is 32.7 Å². The van der Waals surface area contributed by atoms with Crippen molar-refractivity contribution in [2.75, 3.05) is 0 Å². The molecule has 0 saturated carbocycles. The molecule has 0 atom stereocenters. The molecule has 0 nitrogen and oxygen atoms in total. The molecule has 4 heteroatoms. The molecule has 0 aliphatic rings. The average molecular weight is 902 g/mol. The fourth-order valence-electron chi connectivity index (χ4n) is 6.84. The summed E-state index contributed by atoms with van der Waals surface area (Å²) < 4.78 is 0. The summed E-state index contributed by atoms with van der Waals surface area (Å²) in [7, 11) is 0. The maximum absolute atomic E-state index is 2.89. The van der Waals surface area contributed by atoms with Crippen LogP contribution in [-0.4, -0.2) is 12.1 Å². The van der Waals surface area contributed by atoms with Crippen LogP contribution in [0.4, 0.5) is 0 Å². The number of hydrogen-bond acceptors (Lipinski definition) is 0. The summed E-state index contributed by atoms with van der Waals surface area (Å²) in [5.41, 5.74) is 7.94. The van der Waals surface area contributed by atoms with Crippen LogP contribution in [0.2, 0.25) is 0 Å². The third kappa shape index (κ3) is 11.3. The van der Waals surface area contributed by atoms with Gasteiger partial charge in [-0.25, -0.2) is 0 Å². The molecule has 10 aromatic carbocycles. The Morgan fingerprint density at radius 3 is 1.04 bits per heavy atom. The van der Waals surface area contributed by atoms with Crippen LogP contribution < -0.4 is 0 Å². The van der Waals surface area contributed by atoms with Gasteiger partial charge in [-0.1, -0.05) is 122 Å². The van der Waals surface area contributed by atoms with Crippen LogP contribution in [-0.2, 0) is 21.6 Å². The second kappa shape index (κ2) is 22.9. The standard InChI is InChI=1S/2C20H15.2C6H5.2ClH.Ge.Zr/c2*1-14-12-16-8-5-11-19(20(16)13-14)18-10-4-7-15-6-2-3-9-17(15)18;2*1-2-4-6-5-3-1;;;;/h2*2-13H,1H3;2*1-5H;2*1H;;/q4*-1;;;;. The van der Waals surface area contributed by atoms with Crippen LogP contribution >= 0.6 is 24.8 Å². The van der Waals surface area contributed by atoms with Crippen molar-refractivity contribution in [3.8, 4) is 22.3 Å². The summed E-state index contributed by atoms with van der Waals surface area (Å²) in [5, 5.41) is 10.6. The van der Waals surface area contributed by atoms with Crippen molar-refractivity contribution in [2.24, 2.45) is 0 Å². The average Bonchev–Trinajstić information content (AvgIpc) is 3.84. The van der Waals surface area contributed by atoms with Gasteiger partial charge in [-0.2, -0.15) is 84.9 Å². The zero-order valence-corrected chi connectivity index (χ0v) is 37.6. The fourth-order valence-corrected chi connectivity index (χ4v) is 6.84. The number of rotatable bonds is 2. The zero-order valence-electron chi connectivity index (χ0n) is 31.4. The van der Waals surface area contributed by atoms with E-state index < -0.39 is 0 Å². The van der Waals surface area contributed by atoms with E-state index in [1.54, 1.807) is 21.6 Å². The van der Waals surface area contributed by atoms with Gasteiger partial charge >= 0.3 is 33.7 Å². The largest absolute Gasteiger partial charge is 0.184 e. The van der Waals surface area contributed by atoms with Crippen LogP contribution in [0.3, 0.4) is 0 Å². The topological polar surface area (TPSA) is 0 Å². The maximum Gasteiger partial charge on any atom is -0.171 e. The van der Waals surface area contributed by atoms with Gasteiger partial charge in [0.05, 0.1) is 0 Å². The molecule has 0 fully saturated rings. The minimum atomic E-state index is 0. The van der Waals surface area contributed by atoms with E-state index in [0.717, 1.165) is 0 Å². The molecule has 0 heterocycles. The van der Waals surface area contributed by atoms with Gasteiger partial charge in [0.15, 0.2) is 0 Å². The van der Waals surface area contributed by atoms with Gasteiger partial charge in [0.25, 0.3) is 0 Å². The van der Waals surface area contributed by atoms with Crippen LogP contribution in [0.25, 0.3) is 65.3 Å². The zero-order chi connectivity index (χ0) is 37.5. The molecule has 0 aromatic heterocycles. The van der Waals surface area contributed by atoms with E-state index >= 15 is 0 Å². The van der Waals surface area contributed by atoms with Gasteiger partial charge in [0.2, 0.25) is 0 Å². The van der Waals surface area contributed by atoms with Gasteiger partial charge < -0.3 is 0 Å². The monoisotopic (exact) mass is 900 g/mol. The Morgan fingerprint density at radius 2 is 0.696 bits per heavy atom. The first-order valence-electron chi connectivity index (χ1n) is 18.0. The van der Waals surface area contributed by atoms with Crippen LogP contribution in [0.5, 0.6) is 0 Å². The van der Waals surface area contributed by atoms with Crippen molar-refractivity contribution in [1.82, 2.24) is 0 Å². The van der Waals surface area contributed by atoms with E-state index in [4.69, 9.17) is 0 Å². The molecule has 56 heavy (non-hydrogen) atoms. The van der Waals surface area contributed by atoms with E-state index in [0.29, 0.717) is 0 Å². The molecular weight excluding hydrogens is 859 g/mol. The molecular formula is C52H42Cl2GeZr-4. The fraction of sp³-hybridized carbons (Fsp3) is 0.0385. The molecule has 0 bridgehead atoms. The van der Waals surface area contributed by atoms with Crippen molar-refractivity contribution in [3.63, 3.8) is 0 Å². The van der Waals surface area contributed by atoms with Crippen LogP contribution in [0.1, 0.15) is 11.1 Å². The first kappa shape index (κ1) is 44.2. The van der Waals surface area contributed by atoms with E-state index in [1.807, 2.05) is 60.7 Å². The quantitative estimate of drug-likeness (QED) is 0.120. The Bertz CT molecular complexity index is 2430. The number of fused-ring (bicyclic) bond motifs is 4. The van der Waals surface area contributed by atoms with Gasteiger partial charge in [0.1, 0.15) is 0 Å². The molecule has 0 saturated heterocycles. The Hall–Kier alpha value is -4.49. The summed E-state index contributed by atoms with van der Waals surface area (Å²) in [6.45, 7) is 4.32. The maximum atomic E-state index is 2.89. The predicted molar refractivity (Wildman–Crippen MR) is 245 cm³/mol. The van der Waals surface area contributed by atoms with E-state index in [9.17, 15) is 0 Å². The summed E-state index contributed by atoms with van der Waals surface area (Å²) in [4.78, 5) is 0. The molecule has 0 unspecified atom stereocenters. The van der Waals surface area contributed by atoms with Crippen molar-refractivity contribution in [3.05, 3.63) is 230 Å². The van der Waals surface area contributed by atoms with Gasteiger partial charge in [0, 0.05) is 0 Å². The molecule has 10 rings (SSSR count). The third-order valence-electron chi connectivity index (χ3n) is 9.16. The normalized spacial score (nSPS) is 9.80. The summed E-state index contributed by atoms with van der Waals surface area (Å²) in [6.07, 6.45) is 0. The molecule has 10 aromatic rings. The number of aryl methyl sites for hydroxylation is 2. The SMILES string of the molecule is Cc1cc2c(-c3cccc4ccccc34)cccc2[cH-]1.Cc1cc2c(-c3cccc4ccccc34)cccc2[cH-]1.Cl.Cl.[Ge]=[Zr].[c-]1ccccc1.[c-]1ccccc1. The van der Waals surface area contributed by atoms with Gasteiger partial charge in [-0.15, -0.1) is 93.9 Å². The Balaban J connectivity index is 0.000000181. The van der Waals surface area contributed by atoms with Crippen molar-refractivity contribution in [2.45, 2.75) is 13.8 Å². The first-order chi connectivity index (χ1) is 26.7. The Kier molecular flexibility index (Phi) is 18.1. The number of hydrogen-bond donors (Lipinski definition) is 0. The van der Waals surface area contributed by atoms with Crippen molar-refractivity contribution >= 4 is 80.0 Å². The second-order valence-corrected chi connectivity index (χ2v) is 12.9. The Morgan fingerprint density at radius 1 is 0.375 bits per heavy atom. The van der Waals surface area contributed by atoms with E-state index in [-0.39, 0.29) is 24.8 Å². The first-order valence-corrected chi connectivity index (χ1v) is 25.4. The molecule has 0 amide bonds. The molecule has 0 N–H and O–H groups in total. The molecule has 2 radical (unpaired) electrons. The summed E-state index contributed by atoms with van der Waals surface area (Å²) in [5.74, 6) is 0. The summed E-state index contributed by atoms with van der Waals surface area (Å²) in [6, 6.07) is 77.5. The van der Waals surface area contributed by atoms with E-state index in [2.05, 4.69) is 184 Å². The minimum absolute atomic E-state index is 0.